The molecule has 0 aliphatic heterocycles. The quantitative estimate of drug-likeness (QED) is 0.934. The van der Waals surface area contributed by atoms with Crippen LogP contribution < -0.4 is 5.73 Å². The first-order chi connectivity index (χ1) is 8.56. The summed E-state index contributed by atoms with van der Waals surface area (Å²) in [4.78, 5) is 1.00. The number of aryl methyl sites for hydroxylation is 1. The molecule has 1 aromatic heterocycles. The number of aromatic nitrogens is 2. The molecule has 0 amide bonds. The molecule has 1 unspecified atom stereocenters. The number of nitrogens with zero attached hydrogens (tertiary/aromatic N) is 2. The topological polar surface area (TPSA) is 64.9 Å². The van der Waals surface area contributed by atoms with Crippen molar-refractivity contribution < 1.29 is 4.42 Å². The third-order valence-corrected chi connectivity index (χ3v) is 3.60. The summed E-state index contributed by atoms with van der Waals surface area (Å²) in [7, 11) is 0. The van der Waals surface area contributed by atoms with Crippen LogP contribution in [0.5, 0.6) is 0 Å². The van der Waals surface area contributed by atoms with Gasteiger partial charge in [0.2, 0.25) is 5.89 Å². The summed E-state index contributed by atoms with van der Waals surface area (Å²) >= 11 is 7.62. The van der Waals surface area contributed by atoms with Crippen LogP contribution in [-0.2, 0) is 6.42 Å². The highest BCUT2D eigenvalue weighted by Crippen LogP contribution is 2.33. The molecule has 2 N–H and O–H groups in total. The molecule has 1 heterocycles. The average molecular weight is 284 g/mol. The average Bonchev–Trinajstić information content (AvgIpc) is 2.69. The zero-order valence-electron chi connectivity index (χ0n) is 10.2. The largest absolute Gasteiger partial charge is 0.416 e. The zero-order valence-corrected chi connectivity index (χ0v) is 11.8. The van der Waals surface area contributed by atoms with Gasteiger partial charge in [-0.1, -0.05) is 17.7 Å². The van der Waals surface area contributed by atoms with Gasteiger partial charge < -0.3 is 10.2 Å². The number of hydrogen-bond acceptors (Lipinski definition) is 5. The fraction of sp³-hybridized carbons (Fsp3) is 0.333. The smallest absolute Gasteiger partial charge is 0.281 e. The van der Waals surface area contributed by atoms with Crippen molar-refractivity contribution in [1.29, 1.82) is 0 Å². The molecular weight excluding hydrogens is 270 g/mol. The van der Waals surface area contributed by atoms with E-state index >= 15 is 0 Å². The maximum atomic E-state index is 6.21. The van der Waals surface area contributed by atoms with Gasteiger partial charge >= 0.3 is 0 Å². The van der Waals surface area contributed by atoms with Gasteiger partial charge in [-0.05, 0) is 42.8 Å². The molecule has 0 radical (unpaired) electrons. The first-order valence-corrected chi connectivity index (χ1v) is 6.76. The predicted molar refractivity (Wildman–Crippen MR) is 72.0 cm³/mol. The van der Waals surface area contributed by atoms with Crippen LogP contribution in [0.3, 0.4) is 0 Å². The SMILES string of the molecule is Cc1nnc(Sc2cccc(Cl)c2CC(C)N)o1. The maximum Gasteiger partial charge on any atom is 0.281 e. The summed E-state index contributed by atoms with van der Waals surface area (Å²) in [6.45, 7) is 3.71. The Bertz CT molecular complexity index is 542. The Morgan fingerprint density at radius 1 is 1.44 bits per heavy atom. The summed E-state index contributed by atoms with van der Waals surface area (Å²) < 4.78 is 5.35. The highest BCUT2D eigenvalue weighted by atomic mass is 35.5. The van der Waals surface area contributed by atoms with Gasteiger partial charge in [0.25, 0.3) is 5.22 Å². The van der Waals surface area contributed by atoms with Crippen LogP contribution in [0, 0.1) is 6.92 Å². The van der Waals surface area contributed by atoms with Crippen molar-refractivity contribution in [1.82, 2.24) is 10.2 Å². The van der Waals surface area contributed by atoms with Crippen molar-refractivity contribution in [2.75, 3.05) is 0 Å². The molecule has 0 spiro atoms. The standard InChI is InChI=1S/C12H14ClN3OS/c1-7(14)6-9-10(13)4-3-5-11(9)18-12-16-15-8(2)17-12/h3-5,7H,6,14H2,1-2H3. The van der Waals surface area contributed by atoms with Gasteiger partial charge in [0.15, 0.2) is 0 Å². The third kappa shape index (κ3) is 3.25. The van der Waals surface area contributed by atoms with Crippen LogP contribution >= 0.6 is 23.4 Å². The molecular formula is C12H14ClN3OS. The number of nitrogens with two attached hydrogens (primary N) is 1. The van der Waals surface area contributed by atoms with Gasteiger partial charge in [0.05, 0.1) is 0 Å². The van der Waals surface area contributed by atoms with E-state index < -0.39 is 0 Å². The number of rotatable bonds is 4. The van der Waals surface area contributed by atoms with Crippen molar-refractivity contribution in [2.24, 2.45) is 5.73 Å². The molecule has 1 atom stereocenters. The second-order valence-electron chi connectivity index (χ2n) is 4.09. The van der Waals surface area contributed by atoms with Crippen LogP contribution in [-0.4, -0.2) is 16.2 Å². The number of hydrogen-bond donors (Lipinski definition) is 1. The molecule has 0 bridgehead atoms. The van der Waals surface area contributed by atoms with Gasteiger partial charge in [0.1, 0.15) is 0 Å². The van der Waals surface area contributed by atoms with Crippen molar-refractivity contribution in [3.8, 4) is 0 Å². The fourth-order valence-electron chi connectivity index (χ4n) is 1.57. The summed E-state index contributed by atoms with van der Waals surface area (Å²) in [6.07, 6.45) is 0.717. The molecule has 2 aromatic rings. The molecule has 6 heteroatoms. The Morgan fingerprint density at radius 3 is 2.83 bits per heavy atom. The summed E-state index contributed by atoms with van der Waals surface area (Å²) in [5.74, 6) is 0.549. The number of benzene rings is 1. The van der Waals surface area contributed by atoms with E-state index in [4.69, 9.17) is 21.8 Å². The lowest BCUT2D eigenvalue weighted by Crippen LogP contribution is -2.18. The van der Waals surface area contributed by atoms with Gasteiger partial charge in [-0.25, -0.2) is 0 Å². The minimum absolute atomic E-state index is 0.0497. The molecule has 0 saturated carbocycles. The van der Waals surface area contributed by atoms with Gasteiger partial charge in [-0.3, -0.25) is 0 Å². The fourth-order valence-corrected chi connectivity index (χ4v) is 2.77. The van der Waals surface area contributed by atoms with Crippen LogP contribution in [0.2, 0.25) is 5.02 Å². The molecule has 18 heavy (non-hydrogen) atoms. The lowest BCUT2D eigenvalue weighted by molar-refractivity contribution is 0.429. The van der Waals surface area contributed by atoms with Crippen molar-refractivity contribution in [3.05, 3.63) is 34.7 Å². The first-order valence-electron chi connectivity index (χ1n) is 5.57. The molecule has 0 aliphatic carbocycles. The van der Waals surface area contributed by atoms with E-state index in [1.807, 2.05) is 25.1 Å². The molecule has 4 nitrogen and oxygen atoms in total. The van der Waals surface area contributed by atoms with Crippen molar-refractivity contribution in [2.45, 2.75) is 36.4 Å². The van der Waals surface area contributed by atoms with Crippen LogP contribution in [0.15, 0.2) is 32.7 Å². The van der Waals surface area contributed by atoms with E-state index in [9.17, 15) is 0 Å². The van der Waals surface area contributed by atoms with E-state index in [2.05, 4.69) is 10.2 Å². The first kappa shape index (κ1) is 13.4. The summed E-state index contributed by atoms with van der Waals surface area (Å²) in [5.41, 5.74) is 6.86. The monoisotopic (exact) mass is 283 g/mol. The number of halogens is 1. The normalized spacial score (nSPS) is 12.7. The van der Waals surface area contributed by atoms with E-state index in [1.54, 1.807) is 6.92 Å². The van der Waals surface area contributed by atoms with E-state index in [0.29, 0.717) is 16.1 Å². The van der Waals surface area contributed by atoms with Crippen molar-refractivity contribution in [3.63, 3.8) is 0 Å². The lowest BCUT2D eigenvalue weighted by Gasteiger charge is -2.11. The minimum atomic E-state index is 0.0497. The predicted octanol–water partition coefficient (Wildman–Crippen LogP) is 3.07. The van der Waals surface area contributed by atoms with Crippen molar-refractivity contribution >= 4 is 23.4 Å². The van der Waals surface area contributed by atoms with Gasteiger partial charge in [0, 0.05) is 22.9 Å². The Labute approximate surface area is 115 Å². The Morgan fingerprint density at radius 2 is 2.22 bits per heavy atom. The second kappa shape index (κ2) is 5.73. The second-order valence-corrected chi connectivity index (χ2v) is 5.49. The Hall–Kier alpha value is -1.04. The molecule has 96 valence electrons. The van der Waals surface area contributed by atoms with Gasteiger partial charge in [-0.15, -0.1) is 10.2 Å². The Balaban J connectivity index is 2.29. The van der Waals surface area contributed by atoms with Crippen LogP contribution in [0.25, 0.3) is 0 Å². The summed E-state index contributed by atoms with van der Waals surface area (Å²) in [6, 6.07) is 5.79. The minimum Gasteiger partial charge on any atom is -0.416 e. The van der Waals surface area contributed by atoms with E-state index in [0.717, 1.165) is 16.9 Å². The Kier molecular flexibility index (Phi) is 4.27. The zero-order chi connectivity index (χ0) is 13.1. The van der Waals surface area contributed by atoms with Crippen LogP contribution in [0.1, 0.15) is 18.4 Å². The highest BCUT2D eigenvalue weighted by Gasteiger charge is 2.13. The van der Waals surface area contributed by atoms with E-state index in [1.165, 1.54) is 11.8 Å². The third-order valence-electron chi connectivity index (χ3n) is 2.31. The molecule has 1 aromatic carbocycles. The van der Waals surface area contributed by atoms with Gasteiger partial charge in [-0.2, -0.15) is 0 Å². The molecule has 0 fully saturated rings. The maximum absolute atomic E-state index is 6.21. The summed E-state index contributed by atoms with van der Waals surface area (Å²) in [5, 5.41) is 8.99. The molecule has 2 rings (SSSR count). The molecule has 0 aliphatic rings. The van der Waals surface area contributed by atoms with Crippen LogP contribution in [0.4, 0.5) is 0 Å². The molecule has 0 saturated heterocycles. The lowest BCUT2D eigenvalue weighted by atomic mass is 10.1. The highest BCUT2D eigenvalue weighted by molar-refractivity contribution is 7.99. The van der Waals surface area contributed by atoms with E-state index in [-0.39, 0.29) is 6.04 Å².